The van der Waals surface area contributed by atoms with Crippen molar-refractivity contribution in [3.05, 3.63) is 66.4 Å². The molecule has 4 aromatic rings. The molecule has 8 nitrogen and oxygen atoms in total. The predicted molar refractivity (Wildman–Crippen MR) is 114 cm³/mol. The standard InChI is InChI=1S/C21H23N7O/c1-28-20-17(12-24-28)19(25-15-8-10-16(29-2)11-9-15)26-21(27-20)23-13-18(22)14-6-4-3-5-7-14/h3-12,18H,13,22H2,1-2H3,(H2,23,25,26,27). The van der Waals surface area contributed by atoms with E-state index >= 15 is 0 Å². The third-order valence-corrected chi connectivity index (χ3v) is 4.65. The molecule has 4 rings (SSSR count). The molecule has 0 fully saturated rings. The van der Waals surface area contributed by atoms with E-state index < -0.39 is 0 Å². The number of fused-ring (bicyclic) bond motifs is 1. The first kappa shape index (κ1) is 18.7. The molecule has 8 heteroatoms. The third-order valence-electron chi connectivity index (χ3n) is 4.65. The van der Waals surface area contributed by atoms with E-state index in [9.17, 15) is 0 Å². The molecule has 0 radical (unpaired) electrons. The smallest absolute Gasteiger partial charge is 0.226 e. The first-order chi connectivity index (χ1) is 14.1. The van der Waals surface area contributed by atoms with Crippen LogP contribution in [0.15, 0.2) is 60.8 Å². The number of nitrogens with one attached hydrogen (secondary N) is 2. The zero-order valence-electron chi connectivity index (χ0n) is 16.3. The summed E-state index contributed by atoms with van der Waals surface area (Å²) in [5.74, 6) is 1.95. The van der Waals surface area contributed by atoms with Crippen molar-refractivity contribution < 1.29 is 4.74 Å². The molecular formula is C21H23N7O. The van der Waals surface area contributed by atoms with Gasteiger partial charge in [-0.3, -0.25) is 4.68 Å². The van der Waals surface area contributed by atoms with Crippen LogP contribution in [-0.2, 0) is 7.05 Å². The van der Waals surface area contributed by atoms with Crippen LogP contribution in [0, 0.1) is 0 Å². The highest BCUT2D eigenvalue weighted by Crippen LogP contribution is 2.26. The van der Waals surface area contributed by atoms with Gasteiger partial charge in [0.1, 0.15) is 11.6 Å². The molecule has 4 N–H and O–H groups in total. The summed E-state index contributed by atoms with van der Waals surface area (Å²) in [6.07, 6.45) is 1.75. The minimum Gasteiger partial charge on any atom is -0.497 e. The van der Waals surface area contributed by atoms with Gasteiger partial charge in [-0.2, -0.15) is 15.1 Å². The van der Waals surface area contributed by atoms with Gasteiger partial charge in [-0.05, 0) is 29.8 Å². The number of aromatic nitrogens is 4. The van der Waals surface area contributed by atoms with Crippen molar-refractivity contribution in [3.63, 3.8) is 0 Å². The SMILES string of the molecule is COc1ccc(Nc2nc(NCC(N)c3ccccc3)nc3c2cnn3C)cc1. The normalized spacial score (nSPS) is 12.0. The molecule has 1 unspecified atom stereocenters. The van der Waals surface area contributed by atoms with E-state index in [-0.39, 0.29) is 6.04 Å². The van der Waals surface area contributed by atoms with Gasteiger partial charge in [0.2, 0.25) is 5.95 Å². The van der Waals surface area contributed by atoms with Crippen molar-refractivity contribution >= 4 is 28.5 Å². The average Bonchev–Trinajstić information content (AvgIpc) is 3.14. The van der Waals surface area contributed by atoms with Crippen LogP contribution in [0.4, 0.5) is 17.5 Å². The monoisotopic (exact) mass is 389 g/mol. The molecule has 2 aromatic heterocycles. The fourth-order valence-electron chi connectivity index (χ4n) is 3.03. The highest BCUT2D eigenvalue weighted by molar-refractivity contribution is 5.89. The van der Waals surface area contributed by atoms with Crippen LogP contribution in [0.3, 0.4) is 0 Å². The molecule has 2 aromatic carbocycles. The molecule has 0 saturated heterocycles. The molecule has 0 bridgehead atoms. The van der Waals surface area contributed by atoms with Crippen molar-refractivity contribution in [1.29, 1.82) is 0 Å². The minimum absolute atomic E-state index is 0.167. The fraction of sp³-hybridized carbons (Fsp3) is 0.190. The Morgan fingerprint density at radius 2 is 1.83 bits per heavy atom. The topological polar surface area (TPSA) is 103 Å². The van der Waals surface area contributed by atoms with E-state index in [1.165, 1.54) is 0 Å². The Morgan fingerprint density at radius 3 is 2.55 bits per heavy atom. The number of hydrogen-bond acceptors (Lipinski definition) is 7. The summed E-state index contributed by atoms with van der Waals surface area (Å²) in [7, 11) is 3.50. The zero-order valence-corrected chi connectivity index (χ0v) is 16.3. The van der Waals surface area contributed by atoms with Crippen LogP contribution in [0.1, 0.15) is 11.6 Å². The van der Waals surface area contributed by atoms with Crippen molar-refractivity contribution in [2.24, 2.45) is 12.8 Å². The van der Waals surface area contributed by atoms with Crippen molar-refractivity contribution in [2.45, 2.75) is 6.04 Å². The molecule has 0 aliphatic rings. The first-order valence-corrected chi connectivity index (χ1v) is 9.29. The second kappa shape index (κ2) is 8.15. The highest BCUT2D eigenvalue weighted by Gasteiger charge is 2.13. The molecule has 0 aliphatic carbocycles. The maximum Gasteiger partial charge on any atom is 0.226 e. The Hall–Kier alpha value is -3.65. The molecule has 0 saturated carbocycles. The number of anilines is 3. The van der Waals surface area contributed by atoms with Gasteiger partial charge in [-0.1, -0.05) is 30.3 Å². The second-order valence-corrected chi connectivity index (χ2v) is 6.65. The van der Waals surface area contributed by atoms with Gasteiger partial charge in [-0.15, -0.1) is 0 Å². The van der Waals surface area contributed by atoms with Gasteiger partial charge in [0.05, 0.1) is 18.7 Å². The summed E-state index contributed by atoms with van der Waals surface area (Å²) in [6.45, 7) is 0.509. The number of methoxy groups -OCH3 is 1. The van der Waals surface area contributed by atoms with Gasteiger partial charge in [0, 0.05) is 25.3 Å². The van der Waals surface area contributed by atoms with Crippen molar-refractivity contribution in [1.82, 2.24) is 19.7 Å². The summed E-state index contributed by atoms with van der Waals surface area (Å²) in [5, 5.41) is 11.7. The summed E-state index contributed by atoms with van der Waals surface area (Å²) >= 11 is 0. The number of benzene rings is 2. The largest absolute Gasteiger partial charge is 0.497 e. The number of ether oxygens (including phenoxy) is 1. The molecule has 0 spiro atoms. The molecule has 148 valence electrons. The van der Waals surface area contributed by atoms with Crippen molar-refractivity contribution in [3.8, 4) is 5.75 Å². The number of nitrogens with two attached hydrogens (primary N) is 1. The lowest BCUT2D eigenvalue weighted by molar-refractivity contribution is 0.415. The van der Waals surface area contributed by atoms with Gasteiger partial charge >= 0.3 is 0 Å². The Bertz CT molecular complexity index is 1090. The minimum atomic E-state index is -0.167. The molecule has 0 amide bonds. The lowest BCUT2D eigenvalue weighted by Gasteiger charge is -2.14. The van der Waals surface area contributed by atoms with E-state index in [1.807, 2.05) is 61.6 Å². The van der Waals surface area contributed by atoms with Crippen molar-refractivity contribution in [2.75, 3.05) is 24.3 Å². The van der Waals surface area contributed by atoms with Crippen LogP contribution in [0.5, 0.6) is 5.75 Å². The van der Waals surface area contributed by atoms with Gasteiger partial charge in [0.15, 0.2) is 5.65 Å². The summed E-state index contributed by atoms with van der Waals surface area (Å²) in [5.41, 5.74) is 8.96. The number of rotatable bonds is 7. The van der Waals surface area contributed by atoms with Gasteiger partial charge < -0.3 is 21.1 Å². The number of aryl methyl sites for hydroxylation is 1. The molecule has 29 heavy (non-hydrogen) atoms. The Balaban J connectivity index is 1.58. The Morgan fingerprint density at radius 1 is 1.07 bits per heavy atom. The quantitative estimate of drug-likeness (QED) is 0.446. The van der Waals surface area contributed by atoms with E-state index in [0.717, 1.165) is 28.0 Å². The van der Waals surface area contributed by atoms with Crippen LogP contribution in [-0.4, -0.2) is 33.4 Å². The highest BCUT2D eigenvalue weighted by atomic mass is 16.5. The number of nitrogens with zero attached hydrogens (tertiary/aromatic N) is 4. The summed E-state index contributed by atoms with van der Waals surface area (Å²) in [4.78, 5) is 9.24. The lowest BCUT2D eigenvalue weighted by atomic mass is 10.1. The molecule has 2 heterocycles. The zero-order chi connectivity index (χ0) is 20.2. The van der Waals surface area contributed by atoms with Crippen LogP contribution in [0.2, 0.25) is 0 Å². The van der Waals surface area contributed by atoms with Gasteiger partial charge in [-0.25, -0.2) is 0 Å². The average molecular weight is 389 g/mol. The summed E-state index contributed by atoms with van der Waals surface area (Å²) < 4.78 is 6.94. The van der Waals surface area contributed by atoms with Crippen LogP contribution >= 0.6 is 0 Å². The predicted octanol–water partition coefficient (Wildman–Crippen LogP) is 3.23. The summed E-state index contributed by atoms with van der Waals surface area (Å²) in [6, 6.07) is 17.4. The molecule has 0 aliphatic heterocycles. The lowest BCUT2D eigenvalue weighted by Crippen LogP contribution is -2.21. The van der Waals surface area contributed by atoms with E-state index in [0.29, 0.717) is 18.3 Å². The third kappa shape index (κ3) is 4.12. The second-order valence-electron chi connectivity index (χ2n) is 6.65. The Labute approximate surface area is 168 Å². The van der Waals surface area contributed by atoms with E-state index in [4.69, 9.17) is 10.5 Å². The van der Waals surface area contributed by atoms with Crippen LogP contribution < -0.4 is 21.1 Å². The molecular weight excluding hydrogens is 366 g/mol. The first-order valence-electron chi connectivity index (χ1n) is 9.29. The maximum atomic E-state index is 6.29. The maximum absolute atomic E-state index is 6.29. The molecule has 1 atom stereocenters. The van der Waals surface area contributed by atoms with E-state index in [2.05, 4.69) is 25.7 Å². The van der Waals surface area contributed by atoms with E-state index in [1.54, 1.807) is 18.0 Å². The number of hydrogen-bond donors (Lipinski definition) is 3. The van der Waals surface area contributed by atoms with Crippen LogP contribution in [0.25, 0.3) is 11.0 Å². The Kier molecular flexibility index (Phi) is 5.26. The van der Waals surface area contributed by atoms with Gasteiger partial charge in [0.25, 0.3) is 0 Å². The fourth-order valence-corrected chi connectivity index (χ4v) is 3.03.